The van der Waals surface area contributed by atoms with E-state index in [2.05, 4.69) is 0 Å². The summed E-state index contributed by atoms with van der Waals surface area (Å²) >= 11 is 0. The molecule has 0 bridgehead atoms. The van der Waals surface area contributed by atoms with Crippen molar-refractivity contribution in [3.63, 3.8) is 0 Å². The van der Waals surface area contributed by atoms with Crippen molar-refractivity contribution in [1.29, 1.82) is 0 Å². The van der Waals surface area contributed by atoms with Crippen molar-refractivity contribution in [2.45, 2.75) is 32.2 Å². The Kier molecular flexibility index (Phi) is 7.21. The van der Waals surface area contributed by atoms with E-state index < -0.39 is 5.97 Å². The minimum Gasteiger partial charge on any atom is -0.493 e. The molecule has 29 heavy (non-hydrogen) atoms. The Morgan fingerprint density at radius 1 is 1.17 bits per heavy atom. The van der Waals surface area contributed by atoms with E-state index in [1.165, 1.54) is 20.3 Å². The number of para-hydroxylation sites is 1. The molecule has 3 rings (SSSR count). The molecule has 0 amide bonds. The lowest BCUT2D eigenvalue weighted by Crippen LogP contribution is -2.22. The van der Waals surface area contributed by atoms with Gasteiger partial charge in [-0.05, 0) is 43.5 Å². The highest BCUT2D eigenvalue weighted by Crippen LogP contribution is 2.37. The smallest absolute Gasteiger partial charge is 0.341 e. The molecule has 2 aromatic rings. The van der Waals surface area contributed by atoms with Crippen molar-refractivity contribution in [2.24, 2.45) is 0 Å². The predicted octanol–water partition coefficient (Wildman–Crippen LogP) is 4.13. The largest absolute Gasteiger partial charge is 0.493 e. The van der Waals surface area contributed by atoms with Gasteiger partial charge in [-0.3, -0.25) is 4.79 Å². The monoisotopic (exact) mass is 400 g/mol. The predicted molar refractivity (Wildman–Crippen MR) is 105 cm³/mol. The van der Waals surface area contributed by atoms with E-state index >= 15 is 0 Å². The van der Waals surface area contributed by atoms with Gasteiger partial charge in [-0.2, -0.15) is 0 Å². The lowest BCUT2D eigenvalue weighted by Gasteiger charge is -2.23. The molecule has 0 saturated carbocycles. The second kappa shape index (κ2) is 10.0. The van der Waals surface area contributed by atoms with Gasteiger partial charge in [0.1, 0.15) is 17.6 Å². The van der Waals surface area contributed by atoms with Crippen molar-refractivity contribution in [3.8, 4) is 17.2 Å². The topological polar surface area (TPSA) is 80.3 Å². The Hall–Kier alpha value is -2.90. The van der Waals surface area contributed by atoms with Crippen LogP contribution in [0.2, 0.25) is 0 Å². The highest BCUT2D eigenvalue weighted by atomic mass is 16.7. The Morgan fingerprint density at radius 3 is 2.72 bits per heavy atom. The first-order chi connectivity index (χ1) is 14.2. The summed E-state index contributed by atoms with van der Waals surface area (Å²) in [5, 5.41) is 0. The third-order valence-electron chi connectivity index (χ3n) is 4.60. The first kappa shape index (κ1) is 20.8. The summed E-state index contributed by atoms with van der Waals surface area (Å²) in [7, 11) is 2.81. The zero-order valence-corrected chi connectivity index (χ0v) is 16.5. The van der Waals surface area contributed by atoms with Crippen LogP contribution < -0.4 is 9.47 Å². The fraction of sp³-hybridized carbons (Fsp3) is 0.364. The molecule has 7 nitrogen and oxygen atoms in total. The summed E-state index contributed by atoms with van der Waals surface area (Å²) in [4.78, 5) is 23.3. The van der Waals surface area contributed by atoms with Gasteiger partial charge in [0.2, 0.25) is 0 Å². The maximum Gasteiger partial charge on any atom is 0.341 e. The first-order valence-electron chi connectivity index (χ1n) is 9.40. The Labute approximate surface area is 169 Å². The van der Waals surface area contributed by atoms with Gasteiger partial charge in [-0.15, -0.1) is 0 Å². The maximum atomic E-state index is 12.2. The number of aldehydes is 1. The van der Waals surface area contributed by atoms with Gasteiger partial charge < -0.3 is 23.7 Å². The summed E-state index contributed by atoms with van der Waals surface area (Å²) < 4.78 is 27.8. The van der Waals surface area contributed by atoms with E-state index in [1.807, 2.05) is 12.1 Å². The third-order valence-corrected chi connectivity index (χ3v) is 4.60. The summed E-state index contributed by atoms with van der Waals surface area (Å²) in [6.45, 7) is 0.953. The molecule has 0 N–H and O–H groups in total. The zero-order valence-electron chi connectivity index (χ0n) is 16.5. The summed E-state index contributed by atoms with van der Waals surface area (Å²) in [5.41, 5.74) is 1.23. The van der Waals surface area contributed by atoms with Crippen LogP contribution in [-0.4, -0.2) is 39.4 Å². The number of methoxy groups -OCH3 is 2. The fourth-order valence-electron chi connectivity index (χ4n) is 3.07. The van der Waals surface area contributed by atoms with Crippen LogP contribution in [-0.2, 0) is 20.8 Å². The number of rotatable bonds is 8. The van der Waals surface area contributed by atoms with Crippen LogP contribution in [0, 0.1) is 0 Å². The van der Waals surface area contributed by atoms with Crippen LogP contribution in [0.4, 0.5) is 0 Å². The van der Waals surface area contributed by atoms with Crippen LogP contribution in [0.15, 0.2) is 36.4 Å². The first-order valence-corrected chi connectivity index (χ1v) is 9.40. The van der Waals surface area contributed by atoms with E-state index in [-0.39, 0.29) is 24.2 Å². The van der Waals surface area contributed by atoms with Crippen LogP contribution in [0.5, 0.6) is 17.2 Å². The molecule has 1 fully saturated rings. The average molecular weight is 400 g/mol. The van der Waals surface area contributed by atoms with Gasteiger partial charge in [-0.1, -0.05) is 12.1 Å². The highest BCUT2D eigenvalue weighted by molar-refractivity contribution is 5.94. The van der Waals surface area contributed by atoms with E-state index in [0.717, 1.165) is 24.8 Å². The maximum absolute atomic E-state index is 12.2. The molecule has 1 aliphatic heterocycles. The van der Waals surface area contributed by atoms with Crippen molar-refractivity contribution in [2.75, 3.05) is 20.8 Å². The Morgan fingerprint density at radius 2 is 2.03 bits per heavy atom. The minimum atomic E-state index is -0.605. The van der Waals surface area contributed by atoms with Crippen molar-refractivity contribution in [3.05, 3.63) is 53.1 Å². The molecule has 2 aromatic carbocycles. The van der Waals surface area contributed by atoms with Crippen molar-refractivity contribution < 1.29 is 33.3 Å². The molecule has 1 saturated heterocycles. The molecular formula is C22H24O7. The molecular weight excluding hydrogens is 376 g/mol. The van der Waals surface area contributed by atoms with Crippen LogP contribution in [0.25, 0.3) is 0 Å². The quantitative estimate of drug-likeness (QED) is 0.487. The van der Waals surface area contributed by atoms with E-state index in [1.54, 1.807) is 18.2 Å². The average Bonchev–Trinajstić information content (AvgIpc) is 2.78. The molecule has 1 aliphatic rings. The second-order valence-corrected chi connectivity index (χ2v) is 6.52. The minimum absolute atomic E-state index is 0.144. The standard InChI is InChI=1S/C22H24O7/c1-25-19-7-5-6-16(14-28-20-8-3-4-11-27-20)21(19)29-18-10-9-15(13-23)12-17(18)22(24)26-2/h5-7,9-10,12-13,20H,3-4,8,11,14H2,1-2H3. The number of benzene rings is 2. The normalized spacial score (nSPS) is 16.1. The van der Waals surface area contributed by atoms with Crippen LogP contribution >= 0.6 is 0 Å². The van der Waals surface area contributed by atoms with Gasteiger partial charge in [-0.25, -0.2) is 4.79 Å². The van der Waals surface area contributed by atoms with Crippen molar-refractivity contribution >= 4 is 12.3 Å². The van der Waals surface area contributed by atoms with Gasteiger partial charge in [0.05, 0.1) is 20.8 Å². The number of carbonyl (C=O) groups is 2. The Balaban J connectivity index is 1.89. The molecule has 0 radical (unpaired) electrons. The third kappa shape index (κ3) is 5.13. The number of esters is 1. The number of carbonyl (C=O) groups excluding carboxylic acids is 2. The van der Waals surface area contributed by atoms with Gasteiger partial charge in [0.25, 0.3) is 0 Å². The highest BCUT2D eigenvalue weighted by Gasteiger charge is 2.20. The number of ether oxygens (including phenoxy) is 5. The molecule has 1 heterocycles. The lowest BCUT2D eigenvalue weighted by molar-refractivity contribution is -0.169. The molecule has 0 aliphatic carbocycles. The van der Waals surface area contributed by atoms with E-state index in [4.69, 9.17) is 23.7 Å². The van der Waals surface area contributed by atoms with Gasteiger partial charge in [0, 0.05) is 17.7 Å². The summed E-state index contributed by atoms with van der Waals surface area (Å²) in [6, 6.07) is 10.00. The molecule has 1 unspecified atom stereocenters. The fourth-order valence-corrected chi connectivity index (χ4v) is 3.07. The van der Waals surface area contributed by atoms with E-state index in [9.17, 15) is 9.59 Å². The molecule has 1 atom stereocenters. The molecule has 0 aromatic heterocycles. The van der Waals surface area contributed by atoms with E-state index in [0.29, 0.717) is 30.0 Å². The summed E-state index contributed by atoms with van der Waals surface area (Å²) in [5.74, 6) is 0.565. The molecule has 0 spiro atoms. The van der Waals surface area contributed by atoms with Gasteiger partial charge >= 0.3 is 5.97 Å². The molecule has 7 heteroatoms. The SMILES string of the molecule is COC(=O)c1cc(C=O)ccc1Oc1c(COC2CCCCO2)cccc1OC. The zero-order chi connectivity index (χ0) is 20.6. The number of hydrogen-bond acceptors (Lipinski definition) is 7. The van der Waals surface area contributed by atoms with Crippen molar-refractivity contribution in [1.82, 2.24) is 0 Å². The van der Waals surface area contributed by atoms with Crippen LogP contribution in [0.3, 0.4) is 0 Å². The van der Waals surface area contributed by atoms with Gasteiger partial charge in [0.15, 0.2) is 17.8 Å². The second-order valence-electron chi connectivity index (χ2n) is 6.52. The van der Waals surface area contributed by atoms with Crippen LogP contribution in [0.1, 0.15) is 45.5 Å². The number of hydrogen-bond donors (Lipinski definition) is 0. The molecule has 154 valence electrons. The Bertz CT molecular complexity index is 856. The summed E-state index contributed by atoms with van der Waals surface area (Å²) in [6.07, 6.45) is 3.36. The lowest BCUT2D eigenvalue weighted by atomic mass is 10.1.